The number of nitrogens with one attached hydrogen (secondary N) is 1. The van der Waals surface area contributed by atoms with E-state index in [4.69, 9.17) is 5.73 Å². The zero-order valence-corrected chi connectivity index (χ0v) is 15.6. The smallest absolute Gasteiger partial charge is 0.255 e. The second kappa shape index (κ2) is 7.47. The number of benzene rings is 2. The Bertz CT molecular complexity index is 919. The number of amides is 1. The van der Waals surface area contributed by atoms with E-state index >= 15 is 0 Å². The molecule has 7 heteroatoms. The van der Waals surface area contributed by atoms with Crippen LogP contribution >= 0.6 is 0 Å². The van der Waals surface area contributed by atoms with Crippen LogP contribution in [0.15, 0.2) is 47.4 Å². The zero-order chi connectivity index (χ0) is 18.7. The average molecular weight is 373 g/mol. The Morgan fingerprint density at radius 2 is 1.81 bits per heavy atom. The third kappa shape index (κ3) is 3.89. The van der Waals surface area contributed by atoms with E-state index in [0.717, 1.165) is 19.3 Å². The molecule has 0 unspecified atom stereocenters. The maximum Gasteiger partial charge on any atom is 0.255 e. The summed E-state index contributed by atoms with van der Waals surface area (Å²) in [4.78, 5) is 12.6. The highest BCUT2D eigenvalue weighted by atomic mass is 32.2. The van der Waals surface area contributed by atoms with Crippen molar-refractivity contribution in [3.05, 3.63) is 53.6 Å². The number of nitrogens with zero attached hydrogens (tertiary/aromatic N) is 1. The molecule has 6 nitrogen and oxygen atoms in total. The SMILES string of the molecule is Cc1ccc(NC(=O)c2cccc(N)c2)cc1S(=O)(=O)N1CCCCC1. The summed E-state index contributed by atoms with van der Waals surface area (Å²) < 4.78 is 27.4. The topological polar surface area (TPSA) is 92.5 Å². The molecule has 0 aromatic heterocycles. The first-order valence-corrected chi connectivity index (χ1v) is 10.1. The lowest BCUT2D eigenvalue weighted by molar-refractivity contribution is 0.102. The van der Waals surface area contributed by atoms with Crippen LogP contribution in [0.25, 0.3) is 0 Å². The minimum absolute atomic E-state index is 0.241. The molecular formula is C19H23N3O3S. The highest BCUT2D eigenvalue weighted by Crippen LogP contribution is 2.26. The first kappa shape index (κ1) is 18.4. The molecule has 0 atom stereocenters. The molecule has 1 saturated heterocycles. The maximum absolute atomic E-state index is 13.0. The minimum atomic E-state index is -3.56. The average Bonchev–Trinajstić information content (AvgIpc) is 2.64. The Morgan fingerprint density at radius 1 is 1.08 bits per heavy atom. The lowest BCUT2D eigenvalue weighted by Crippen LogP contribution is -2.36. The summed E-state index contributed by atoms with van der Waals surface area (Å²) >= 11 is 0. The van der Waals surface area contributed by atoms with Crippen molar-refractivity contribution in [2.45, 2.75) is 31.1 Å². The van der Waals surface area contributed by atoms with E-state index in [1.54, 1.807) is 43.3 Å². The molecule has 1 aliphatic heterocycles. The largest absolute Gasteiger partial charge is 0.399 e. The van der Waals surface area contributed by atoms with Gasteiger partial charge in [-0.1, -0.05) is 18.6 Å². The highest BCUT2D eigenvalue weighted by molar-refractivity contribution is 7.89. The molecule has 1 fully saturated rings. The van der Waals surface area contributed by atoms with Gasteiger partial charge in [0.1, 0.15) is 0 Å². The van der Waals surface area contributed by atoms with Crippen molar-refractivity contribution in [2.24, 2.45) is 0 Å². The number of anilines is 2. The van der Waals surface area contributed by atoms with Crippen LogP contribution in [0.1, 0.15) is 35.2 Å². The van der Waals surface area contributed by atoms with E-state index in [2.05, 4.69) is 5.32 Å². The van der Waals surface area contributed by atoms with E-state index in [0.29, 0.717) is 35.6 Å². The van der Waals surface area contributed by atoms with Crippen molar-refractivity contribution in [3.8, 4) is 0 Å². The molecule has 0 radical (unpaired) electrons. The second-order valence-electron chi connectivity index (χ2n) is 6.52. The molecule has 0 spiro atoms. The third-order valence-electron chi connectivity index (χ3n) is 4.53. The number of nitrogen functional groups attached to an aromatic ring is 1. The fraction of sp³-hybridized carbons (Fsp3) is 0.316. The number of aryl methyl sites for hydroxylation is 1. The standard InChI is InChI=1S/C19H23N3O3S/c1-14-8-9-17(21-19(23)15-6-5-7-16(20)12-15)13-18(14)26(24,25)22-10-3-2-4-11-22/h5-9,12-13H,2-4,10-11,20H2,1H3,(H,21,23). The molecule has 1 heterocycles. The molecule has 26 heavy (non-hydrogen) atoms. The molecule has 0 aliphatic carbocycles. The van der Waals surface area contributed by atoms with Gasteiger partial charge in [0.2, 0.25) is 10.0 Å². The molecular weight excluding hydrogens is 350 g/mol. The van der Waals surface area contributed by atoms with Gasteiger partial charge in [-0.15, -0.1) is 0 Å². The van der Waals surface area contributed by atoms with Crippen molar-refractivity contribution < 1.29 is 13.2 Å². The Labute approximate surface area is 154 Å². The number of carbonyl (C=O) groups is 1. The zero-order valence-electron chi connectivity index (χ0n) is 14.7. The van der Waals surface area contributed by atoms with Crippen LogP contribution in [-0.4, -0.2) is 31.7 Å². The van der Waals surface area contributed by atoms with Gasteiger partial charge in [0, 0.05) is 30.0 Å². The molecule has 3 rings (SSSR count). The summed E-state index contributed by atoms with van der Waals surface area (Å²) in [6.07, 6.45) is 2.82. The number of nitrogens with two attached hydrogens (primary N) is 1. The van der Waals surface area contributed by atoms with Gasteiger partial charge in [-0.25, -0.2) is 8.42 Å². The predicted octanol–water partition coefficient (Wildman–Crippen LogP) is 3.00. The van der Waals surface area contributed by atoms with Gasteiger partial charge in [0.25, 0.3) is 5.91 Å². The van der Waals surface area contributed by atoms with Crippen molar-refractivity contribution in [2.75, 3.05) is 24.1 Å². The molecule has 0 bridgehead atoms. The van der Waals surface area contributed by atoms with Crippen LogP contribution < -0.4 is 11.1 Å². The molecule has 0 saturated carbocycles. The van der Waals surface area contributed by atoms with Gasteiger partial charge < -0.3 is 11.1 Å². The quantitative estimate of drug-likeness (QED) is 0.806. The van der Waals surface area contributed by atoms with Crippen LogP contribution in [0.3, 0.4) is 0 Å². The summed E-state index contributed by atoms with van der Waals surface area (Å²) in [5.74, 6) is -0.331. The molecule has 1 aliphatic rings. The van der Waals surface area contributed by atoms with Crippen LogP contribution in [0.4, 0.5) is 11.4 Å². The van der Waals surface area contributed by atoms with Crippen molar-refractivity contribution in [1.29, 1.82) is 0 Å². The van der Waals surface area contributed by atoms with E-state index in [-0.39, 0.29) is 10.8 Å². The van der Waals surface area contributed by atoms with Crippen LogP contribution in [-0.2, 0) is 10.0 Å². The summed E-state index contributed by atoms with van der Waals surface area (Å²) in [6.45, 7) is 2.85. The summed E-state index contributed by atoms with van der Waals surface area (Å²) in [7, 11) is -3.56. The highest BCUT2D eigenvalue weighted by Gasteiger charge is 2.27. The van der Waals surface area contributed by atoms with Gasteiger partial charge >= 0.3 is 0 Å². The Hall–Kier alpha value is -2.38. The number of piperidine rings is 1. The first-order chi connectivity index (χ1) is 12.4. The number of hydrogen-bond donors (Lipinski definition) is 2. The predicted molar refractivity (Wildman–Crippen MR) is 103 cm³/mol. The van der Waals surface area contributed by atoms with Gasteiger partial charge in [0.05, 0.1) is 4.90 Å². The van der Waals surface area contributed by atoms with Crippen LogP contribution in [0.5, 0.6) is 0 Å². The molecule has 2 aromatic rings. The van der Waals surface area contributed by atoms with Crippen LogP contribution in [0, 0.1) is 6.92 Å². The Kier molecular flexibility index (Phi) is 5.29. The normalized spacial score (nSPS) is 15.6. The van der Waals surface area contributed by atoms with E-state index < -0.39 is 10.0 Å². The fourth-order valence-corrected chi connectivity index (χ4v) is 4.85. The molecule has 2 aromatic carbocycles. The minimum Gasteiger partial charge on any atom is -0.399 e. The lowest BCUT2D eigenvalue weighted by atomic mass is 10.1. The molecule has 3 N–H and O–H groups in total. The van der Waals surface area contributed by atoms with E-state index in [9.17, 15) is 13.2 Å². The van der Waals surface area contributed by atoms with Crippen molar-refractivity contribution in [3.63, 3.8) is 0 Å². The van der Waals surface area contributed by atoms with Crippen LogP contribution in [0.2, 0.25) is 0 Å². The van der Waals surface area contributed by atoms with E-state index in [1.165, 1.54) is 10.4 Å². The first-order valence-electron chi connectivity index (χ1n) is 8.65. The van der Waals surface area contributed by atoms with E-state index in [1.807, 2.05) is 0 Å². The van der Waals surface area contributed by atoms with Gasteiger partial charge in [-0.05, 0) is 55.7 Å². The van der Waals surface area contributed by atoms with Gasteiger partial charge in [0.15, 0.2) is 0 Å². The summed E-state index contributed by atoms with van der Waals surface area (Å²) in [5.41, 5.74) is 7.73. The fourth-order valence-electron chi connectivity index (χ4n) is 3.08. The molecule has 1 amide bonds. The van der Waals surface area contributed by atoms with Gasteiger partial charge in [-0.3, -0.25) is 4.79 Å². The second-order valence-corrected chi connectivity index (χ2v) is 8.43. The lowest BCUT2D eigenvalue weighted by Gasteiger charge is -2.26. The Morgan fingerprint density at radius 3 is 2.50 bits per heavy atom. The van der Waals surface area contributed by atoms with Crippen molar-refractivity contribution >= 4 is 27.3 Å². The number of carbonyl (C=O) groups excluding carboxylic acids is 1. The summed E-state index contributed by atoms with van der Waals surface area (Å²) in [6, 6.07) is 11.6. The summed E-state index contributed by atoms with van der Waals surface area (Å²) in [5, 5.41) is 2.75. The number of rotatable bonds is 4. The number of hydrogen-bond acceptors (Lipinski definition) is 4. The maximum atomic E-state index is 13.0. The van der Waals surface area contributed by atoms with Crippen molar-refractivity contribution in [1.82, 2.24) is 4.31 Å². The number of sulfonamides is 1. The third-order valence-corrected chi connectivity index (χ3v) is 6.57. The Balaban J connectivity index is 1.86. The molecule has 138 valence electrons. The monoisotopic (exact) mass is 373 g/mol. The van der Waals surface area contributed by atoms with Gasteiger partial charge in [-0.2, -0.15) is 4.31 Å².